The molecule has 0 bridgehead atoms. The molecule has 3 rings (SSSR count). The Morgan fingerprint density at radius 2 is 2.00 bits per heavy atom. The number of amides is 2. The first-order valence-electron chi connectivity index (χ1n) is 8.36. The molecule has 0 saturated heterocycles. The fourth-order valence-corrected chi connectivity index (χ4v) is 4.07. The number of benzene rings is 2. The predicted octanol–water partition coefficient (Wildman–Crippen LogP) is 1.86. The van der Waals surface area contributed by atoms with Crippen molar-refractivity contribution in [3.8, 4) is 5.75 Å². The number of likely N-dealkylation sites (N-methyl/N-ethyl adjacent to an activating group) is 1. The third-order valence-corrected chi connectivity index (χ3v) is 6.12. The fourth-order valence-electron chi connectivity index (χ4n) is 2.73. The van der Waals surface area contributed by atoms with Crippen LogP contribution < -0.4 is 15.4 Å². The van der Waals surface area contributed by atoms with Crippen LogP contribution in [0.4, 0.5) is 20.2 Å². The number of ether oxygens (including phenoxy) is 1. The molecule has 154 valence electrons. The maximum absolute atomic E-state index is 13.7. The van der Waals surface area contributed by atoms with Gasteiger partial charge in [0, 0.05) is 19.2 Å². The minimum Gasteiger partial charge on any atom is -0.482 e. The highest BCUT2D eigenvalue weighted by Crippen LogP contribution is 2.33. The molecule has 0 radical (unpaired) electrons. The van der Waals surface area contributed by atoms with E-state index in [9.17, 15) is 26.8 Å². The number of hydrogen-bond acceptors (Lipinski definition) is 5. The van der Waals surface area contributed by atoms with E-state index in [1.165, 1.54) is 26.1 Å². The van der Waals surface area contributed by atoms with Crippen LogP contribution >= 0.6 is 0 Å². The Morgan fingerprint density at radius 1 is 1.28 bits per heavy atom. The molecule has 2 amide bonds. The summed E-state index contributed by atoms with van der Waals surface area (Å²) in [6.45, 7) is 0.694. The van der Waals surface area contributed by atoms with E-state index < -0.39 is 34.1 Å². The van der Waals surface area contributed by atoms with Crippen molar-refractivity contribution >= 4 is 33.2 Å². The minimum atomic E-state index is -4.09. The van der Waals surface area contributed by atoms with Gasteiger partial charge in [-0.1, -0.05) is 0 Å². The quantitative estimate of drug-likeness (QED) is 0.761. The third kappa shape index (κ3) is 4.35. The van der Waals surface area contributed by atoms with Crippen molar-refractivity contribution in [1.82, 2.24) is 4.31 Å². The molecule has 2 aromatic rings. The molecule has 0 aromatic heterocycles. The molecule has 8 nitrogen and oxygen atoms in total. The van der Waals surface area contributed by atoms with Gasteiger partial charge in [0.1, 0.15) is 17.4 Å². The van der Waals surface area contributed by atoms with Crippen molar-refractivity contribution in [3.05, 3.63) is 47.5 Å². The van der Waals surface area contributed by atoms with Gasteiger partial charge in [0.25, 0.3) is 5.91 Å². The Labute approximate surface area is 165 Å². The normalized spacial score (nSPS) is 13.5. The molecule has 1 aliphatic rings. The second-order valence-corrected chi connectivity index (χ2v) is 8.40. The van der Waals surface area contributed by atoms with E-state index in [-0.39, 0.29) is 28.8 Å². The number of carbonyl (C=O) groups excluding carboxylic acids is 2. The molecule has 0 saturated carbocycles. The summed E-state index contributed by atoms with van der Waals surface area (Å²) in [7, 11) is -2.90. The van der Waals surface area contributed by atoms with Gasteiger partial charge in [-0.15, -0.1) is 0 Å². The summed E-state index contributed by atoms with van der Waals surface area (Å²) in [6.07, 6.45) is 0. The Hall–Kier alpha value is -3.05. The highest BCUT2D eigenvalue weighted by Gasteiger charge is 2.28. The molecule has 0 fully saturated rings. The van der Waals surface area contributed by atoms with Crippen LogP contribution in [0.15, 0.2) is 35.2 Å². The number of nitrogens with zero attached hydrogens (tertiary/aromatic N) is 1. The number of rotatable bonds is 5. The van der Waals surface area contributed by atoms with Gasteiger partial charge < -0.3 is 15.4 Å². The van der Waals surface area contributed by atoms with Crippen molar-refractivity contribution in [2.75, 3.05) is 30.8 Å². The van der Waals surface area contributed by atoms with Crippen LogP contribution in [-0.4, -0.2) is 44.7 Å². The van der Waals surface area contributed by atoms with Crippen LogP contribution in [0.1, 0.15) is 5.56 Å². The second kappa shape index (κ2) is 7.76. The van der Waals surface area contributed by atoms with Gasteiger partial charge >= 0.3 is 0 Å². The standard InChI is InChI=1S/C18H17F2N3O5S/c1-10-5-14-15(28-9-18(25)22-14)7-16(10)29(26,27)23(2)8-17(24)21-13-4-3-11(19)6-12(13)20/h3-7H,8-9H2,1-2H3,(H,21,24)(H,22,25). The van der Waals surface area contributed by atoms with Gasteiger partial charge in [-0.2, -0.15) is 4.31 Å². The molecule has 0 atom stereocenters. The smallest absolute Gasteiger partial charge is 0.262 e. The average Bonchev–Trinajstić information content (AvgIpc) is 2.63. The second-order valence-electron chi connectivity index (χ2n) is 6.38. The van der Waals surface area contributed by atoms with E-state index >= 15 is 0 Å². The molecule has 0 aliphatic carbocycles. The van der Waals surface area contributed by atoms with Gasteiger partial charge in [0.2, 0.25) is 15.9 Å². The van der Waals surface area contributed by atoms with Gasteiger partial charge in [-0.25, -0.2) is 17.2 Å². The first-order valence-corrected chi connectivity index (χ1v) is 9.80. The van der Waals surface area contributed by atoms with Crippen LogP contribution in [0.2, 0.25) is 0 Å². The Bertz CT molecular complexity index is 1100. The fraction of sp³-hybridized carbons (Fsp3) is 0.222. The first kappa shape index (κ1) is 20.7. The van der Waals surface area contributed by atoms with Crippen molar-refractivity contribution < 1.29 is 31.5 Å². The number of sulfonamides is 1. The minimum absolute atomic E-state index is 0.101. The zero-order chi connectivity index (χ0) is 21.3. The lowest BCUT2D eigenvalue weighted by Crippen LogP contribution is -2.35. The zero-order valence-electron chi connectivity index (χ0n) is 15.5. The van der Waals surface area contributed by atoms with Gasteiger partial charge in [-0.05, 0) is 30.7 Å². The largest absolute Gasteiger partial charge is 0.482 e. The van der Waals surface area contributed by atoms with E-state index in [2.05, 4.69) is 10.6 Å². The van der Waals surface area contributed by atoms with Crippen LogP contribution in [0, 0.1) is 18.6 Å². The van der Waals surface area contributed by atoms with Gasteiger partial charge in [0.05, 0.1) is 22.8 Å². The SMILES string of the molecule is Cc1cc2c(cc1S(=O)(=O)N(C)CC(=O)Nc1ccc(F)cc1F)OCC(=O)N2. The number of hydrogen-bond donors (Lipinski definition) is 2. The number of fused-ring (bicyclic) bond motifs is 1. The zero-order valence-corrected chi connectivity index (χ0v) is 16.3. The van der Waals surface area contributed by atoms with E-state index in [0.717, 1.165) is 16.4 Å². The highest BCUT2D eigenvalue weighted by molar-refractivity contribution is 7.89. The predicted molar refractivity (Wildman–Crippen MR) is 100 cm³/mol. The molecule has 11 heteroatoms. The maximum Gasteiger partial charge on any atom is 0.262 e. The summed E-state index contributed by atoms with van der Waals surface area (Å²) in [6, 6.07) is 5.34. The van der Waals surface area contributed by atoms with Crippen LogP contribution in [0.25, 0.3) is 0 Å². The lowest BCUT2D eigenvalue weighted by molar-refractivity contribution is -0.118. The van der Waals surface area contributed by atoms with Crippen LogP contribution in [0.5, 0.6) is 5.75 Å². The molecule has 29 heavy (non-hydrogen) atoms. The lowest BCUT2D eigenvalue weighted by atomic mass is 10.2. The Kier molecular flexibility index (Phi) is 5.53. The molecular formula is C18H17F2N3O5S. The maximum atomic E-state index is 13.7. The molecular weight excluding hydrogens is 408 g/mol. The Balaban J connectivity index is 1.78. The van der Waals surface area contributed by atoms with Crippen molar-refractivity contribution in [2.45, 2.75) is 11.8 Å². The van der Waals surface area contributed by atoms with Crippen molar-refractivity contribution in [3.63, 3.8) is 0 Å². The van der Waals surface area contributed by atoms with E-state index in [1.54, 1.807) is 0 Å². The molecule has 2 aromatic carbocycles. The van der Waals surface area contributed by atoms with E-state index in [4.69, 9.17) is 4.74 Å². The topological polar surface area (TPSA) is 105 Å². The van der Waals surface area contributed by atoms with Crippen molar-refractivity contribution in [2.24, 2.45) is 0 Å². The van der Waals surface area contributed by atoms with Gasteiger partial charge in [-0.3, -0.25) is 9.59 Å². The molecule has 0 spiro atoms. The number of halogens is 2. The highest BCUT2D eigenvalue weighted by atomic mass is 32.2. The summed E-state index contributed by atoms with van der Waals surface area (Å²) in [5.41, 5.74) is 0.424. The van der Waals surface area contributed by atoms with E-state index in [0.29, 0.717) is 17.3 Å². The molecule has 0 unspecified atom stereocenters. The third-order valence-electron chi connectivity index (χ3n) is 4.17. The number of nitrogens with one attached hydrogen (secondary N) is 2. The number of carbonyl (C=O) groups is 2. The molecule has 1 aliphatic heterocycles. The first-order chi connectivity index (χ1) is 13.6. The van der Waals surface area contributed by atoms with Crippen molar-refractivity contribution in [1.29, 1.82) is 0 Å². The number of aryl methyl sites for hydroxylation is 1. The average molecular weight is 425 g/mol. The lowest BCUT2D eigenvalue weighted by Gasteiger charge is -2.22. The summed E-state index contributed by atoms with van der Waals surface area (Å²) in [4.78, 5) is 23.4. The number of anilines is 2. The summed E-state index contributed by atoms with van der Waals surface area (Å²) >= 11 is 0. The van der Waals surface area contributed by atoms with Gasteiger partial charge in [0.15, 0.2) is 6.61 Å². The summed E-state index contributed by atoms with van der Waals surface area (Å²) in [5.74, 6) is -2.75. The monoisotopic (exact) mass is 425 g/mol. The Morgan fingerprint density at radius 3 is 2.69 bits per heavy atom. The van der Waals surface area contributed by atoms with Crippen LogP contribution in [0.3, 0.4) is 0 Å². The van der Waals surface area contributed by atoms with Crippen LogP contribution in [-0.2, 0) is 19.6 Å². The summed E-state index contributed by atoms with van der Waals surface area (Å²) < 4.78 is 58.4. The molecule has 2 N–H and O–H groups in total. The van der Waals surface area contributed by atoms with E-state index in [1.807, 2.05) is 0 Å². The summed E-state index contributed by atoms with van der Waals surface area (Å²) in [5, 5.41) is 4.78. The molecule has 1 heterocycles.